The van der Waals surface area contributed by atoms with Crippen molar-refractivity contribution in [2.24, 2.45) is 5.41 Å². The molecular formula is C17H32N2O2. The van der Waals surface area contributed by atoms with E-state index < -0.39 is 11.1 Å². The van der Waals surface area contributed by atoms with Crippen LogP contribution in [0.2, 0.25) is 0 Å². The third kappa shape index (κ3) is 3.24. The molecule has 1 aliphatic rings. The molecule has 0 saturated carbocycles. The van der Waals surface area contributed by atoms with Crippen LogP contribution in [-0.2, 0) is 9.59 Å². The van der Waals surface area contributed by atoms with Crippen molar-refractivity contribution in [1.29, 1.82) is 0 Å². The van der Waals surface area contributed by atoms with Gasteiger partial charge < -0.3 is 10.2 Å². The number of nitrogens with zero attached hydrogens (tertiary/aromatic N) is 1. The summed E-state index contributed by atoms with van der Waals surface area (Å²) in [7, 11) is 0. The molecule has 0 spiro atoms. The molecule has 1 atom stereocenters. The summed E-state index contributed by atoms with van der Waals surface area (Å²) in [6.45, 7) is 14.9. The lowest BCUT2D eigenvalue weighted by Gasteiger charge is -2.51. The zero-order chi connectivity index (χ0) is 16.5. The SMILES string of the molecule is CCC1(C)NC(=O)C(CC)(CC)N(CCC(C)(C)C)C1=O. The first-order valence-corrected chi connectivity index (χ1v) is 8.21. The van der Waals surface area contributed by atoms with Gasteiger partial charge in [0.1, 0.15) is 11.1 Å². The summed E-state index contributed by atoms with van der Waals surface area (Å²) < 4.78 is 0. The van der Waals surface area contributed by atoms with E-state index in [1.807, 2.05) is 32.6 Å². The second-order valence-corrected chi connectivity index (χ2v) is 7.65. The molecule has 1 unspecified atom stereocenters. The molecule has 0 aromatic rings. The van der Waals surface area contributed by atoms with Gasteiger partial charge in [-0.25, -0.2) is 0 Å². The molecule has 1 rings (SSSR count). The minimum atomic E-state index is -0.761. The number of nitrogens with one attached hydrogen (secondary N) is 1. The van der Waals surface area contributed by atoms with Gasteiger partial charge in [-0.15, -0.1) is 0 Å². The van der Waals surface area contributed by atoms with Crippen LogP contribution in [0.5, 0.6) is 0 Å². The second-order valence-electron chi connectivity index (χ2n) is 7.65. The van der Waals surface area contributed by atoms with Crippen LogP contribution in [0.4, 0.5) is 0 Å². The number of hydrogen-bond acceptors (Lipinski definition) is 2. The van der Waals surface area contributed by atoms with Crippen molar-refractivity contribution in [3.63, 3.8) is 0 Å². The third-order valence-electron chi connectivity index (χ3n) is 5.01. The van der Waals surface area contributed by atoms with Gasteiger partial charge in [-0.3, -0.25) is 9.59 Å². The molecule has 1 heterocycles. The molecule has 4 heteroatoms. The number of rotatable bonds is 5. The van der Waals surface area contributed by atoms with E-state index in [0.29, 0.717) is 25.8 Å². The molecule has 0 aromatic carbocycles. The van der Waals surface area contributed by atoms with Crippen molar-refractivity contribution < 1.29 is 9.59 Å². The number of hydrogen-bond donors (Lipinski definition) is 1. The van der Waals surface area contributed by atoms with Crippen molar-refractivity contribution >= 4 is 11.8 Å². The van der Waals surface area contributed by atoms with Crippen LogP contribution < -0.4 is 5.32 Å². The van der Waals surface area contributed by atoms with Crippen molar-refractivity contribution in [1.82, 2.24) is 10.2 Å². The van der Waals surface area contributed by atoms with Gasteiger partial charge in [0, 0.05) is 6.54 Å². The minimum absolute atomic E-state index is 0.00496. The third-order valence-corrected chi connectivity index (χ3v) is 5.01. The molecule has 2 amide bonds. The highest BCUT2D eigenvalue weighted by molar-refractivity contribution is 6.02. The monoisotopic (exact) mass is 296 g/mol. The maximum Gasteiger partial charge on any atom is 0.248 e. The molecule has 1 N–H and O–H groups in total. The molecule has 0 radical (unpaired) electrons. The quantitative estimate of drug-likeness (QED) is 0.847. The van der Waals surface area contributed by atoms with Gasteiger partial charge in [-0.05, 0) is 38.0 Å². The summed E-state index contributed by atoms with van der Waals surface area (Å²) in [4.78, 5) is 27.6. The summed E-state index contributed by atoms with van der Waals surface area (Å²) in [5.41, 5.74) is -1.30. The van der Waals surface area contributed by atoms with Gasteiger partial charge in [-0.2, -0.15) is 0 Å². The predicted molar refractivity (Wildman–Crippen MR) is 85.9 cm³/mol. The van der Waals surface area contributed by atoms with Gasteiger partial charge in [0.15, 0.2) is 0 Å². The molecule has 122 valence electrons. The normalized spacial score (nSPS) is 26.0. The average Bonchev–Trinajstić information content (AvgIpc) is 2.40. The summed E-state index contributed by atoms with van der Waals surface area (Å²) in [6, 6.07) is 0. The maximum absolute atomic E-state index is 13.0. The lowest BCUT2D eigenvalue weighted by Crippen LogP contribution is -2.74. The van der Waals surface area contributed by atoms with E-state index in [4.69, 9.17) is 0 Å². The molecule has 1 saturated heterocycles. The number of carbonyl (C=O) groups is 2. The van der Waals surface area contributed by atoms with Crippen LogP contribution in [-0.4, -0.2) is 34.3 Å². The molecule has 4 nitrogen and oxygen atoms in total. The molecule has 1 fully saturated rings. The van der Waals surface area contributed by atoms with Gasteiger partial charge >= 0.3 is 0 Å². The Labute approximate surface area is 129 Å². The summed E-state index contributed by atoms with van der Waals surface area (Å²) in [5.74, 6) is 0.0721. The predicted octanol–water partition coefficient (Wildman–Crippen LogP) is 3.11. The van der Waals surface area contributed by atoms with E-state index in [0.717, 1.165) is 6.42 Å². The Hall–Kier alpha value is -1.06. The highest BCUT2D eigenvalue weighted by Gasteiger charge is 2.54. The fourth-order valence-corrected chi connectivity index (χ4v) is 2.99. The minimum Gasteiger partial charge on any atom is -0.340 e. The Kier molecular flexibility index (Phi) is 5.12. The Morgan fingerprint density at radius 3 is 1.95 bits per heavy atom. The second kappa shape index (κ2) is 5.98. The summed E-state index contributed by atoms with van der Waals surface area (Å²) in [6.07, 6.45) is 2.83. The molecule has 21 heavy (non-hydrogen) atoms. The average molecular weight is 296 g/mol. The highest BCUT2D eigenvalue weighted by atomic mass is 16.2. The summed E-state index contributed by atoms with van der Waals surface area (Å²) in [5, 5.41) is 2.98. The number of amides is 2. The van der Waals surface area contributed by atoms with Crippen molar-refractivity contribution in [3.05, 3.63) is 0 Å². The first-order chi connectivity index (χ1) is 9.56. The maximum atomic E-state index is 13.0. The van der Waals surface area contributed by atoms with Gasteiger partial charge in [0.25, 0.3) is 0 Å². The van der Waals surface area contributed by atoms with E-state index >= 15 is 0 Å². The van der Waals surface area contributed by atoms with E-state index in [2.05, 4.69) is 26.1 Å². The van der Waals surface area contributed by atoms with Crippen molar-refractivity contribution in [2.45, 2.75) is 85.2 Å². The molecule has 0 aliphatic carbocycles. The molecule has 1 aliphatic heterocycles. The Bertz CT molecular complexity index is 408. The number of piperazine rings is 1. The molecular weight excluding hydrogens is 264 g/mol. The Balaban J connectivity index is 3.19. The van der Waals surface area contributed by atoms with Gasteiger partial charge in [-0.1, -0.05) is 41.5 Å². The fourth-order valence-electron chi connectivity index (χ4n) is 2.99. The zero-order valence-electron chi connectivity index (χ0n) is 14.8. The first-order valence-electron chi connectivity index (χ1n) is 8.21. The van der Waals surface area contributed by atoms with Crippen LogP contribution in [0.3, 0.4) is 0 Å². The largest absolute Gasteiger partial charge is 0.340 e. The van der Waals surface area contributed by atoms with E-state index in [9.17, 15) is 9.59 Å². The fraction of sp³-hybridized carbons (Fsp3) is 0.882. The Morgan fingerprint density at radius 2 is 1.57 bits per heavy atom. The number of carbonyl (C=O) groups excluding carboxylic acids is 2. The molecule has 0 aromatic heterocycles. The molecule has 0 bridgehead atoms. The van der Waals surface area contributed by atoms with Gasteiger partial charge in [0.2, 0.25) is 11.8 Å². The topological polar surface area (TPSA) is 49.4 Å². The van der Waals surface area contributed by atoms with Crippen molar-refractivity contribution in [3.8, 4) is 0 Å². The van der Waals surface area contributed by atoms with Crippen LogP contribution in [0.25, 0.3) is 0 Å². The van der Waals surface area contributed by atoms with Crippen LogP contribution in [0.15, 0.2) is 0 Å². The standard InChI is InChI=1S/C17H32N2O2/c1-8-16(7)14(21)19(12-11-15(4,5)6)17(9-2,10-3)13(20)18-16/h8-12H2,1-7H3,(H,18,20). The van der Waals surface area contributed by atoms with Crippen LogP contribution in [0, 0.1) is 5.41 Å². The van der Waals surface area contributed by atoms with Crippen LogP contribution in [0.1, 0.15) is 74.1 Å². The lowest BCUT2D eigenvalue weighted by atomic mass is 9.80. The van der Waals surface area contributed by atoms with E-state index in [1.54, 1.807) is 0 Å². The first kappa shape index (κ1) is 18.0. The van der Waals surface area contributed by atoms with Crippen LogP contribution >= 0.6 is 0 Å². The highest BCUT2D eigenvalue weighted by Crippen LogP contribution is 2.34. The zero-order valence-corrected chi connectivity index (χ0v) is 14.8. The summed E-state index contributed by atoms with van der Waals surface area (Å²) >= 11 is 0. The van der Waals surface area contributed by atoms with Crippen molar-refractivity contribution in [2.75, 3.05) is 6.54 Å². The lowest BCUT2D eigenvalue weighted by molar-refractivity contribution is -0.164. The Morgan fingerprint density at radius 1 is 1.05 bits per heavy atom. The smallest absolute Gasteiger partial charge is 0.248 e. The van der Waals surface area contributed by atoms with E-state index in [-0.39, 0.29) is 17.2 Å². The van der Waals surface area contributed by atoms with Gasteiger partial charge in [0.05, 0.1) is 0 Å². The van der Waals surface area contributed by atoms with E-state index in [1.165, 1.54) is 0 Å².